The molecule has 6 heteroatoms. The van der Waals surface area contributed by atoms with E-state index < -0.39 is 13.4 Å². The summed E-state index contributed by atoms with van der Waals surface area (Å²) >= 11 is 27.2. The molecule has 0 aromatic heterocycles. The third-order valence-electron chi connectivity index (χ3n) is 4.76. The zero-order valence-corrected chi connectivity index (χ0v) is 20.2. The summed E-state index contributed by atoms with van der Waals surface area (Å²) in [5.41, 5.74) is 2.74. The Hall–Kier alpha value is 0.814. The average Bonchev–Trinajstić information content (AvgIpc) is 2.49. The maximum atomic E-state index is 6.98. The highest BCUT2D eigenvalue weighted by Crippen LogP contribution is 2.49. The molecule has 0 radical (unpaired) electrons. The lowest BCUT2D eigenvalue weighted by molar-refractivity contribution is 0.679. The SMILES string of the molecule is CCCCCC([Si](C)(Cl)Cl)[Si](Cl)(Cl)CC(C)c1ccccc1CC. The van der Waals surface area contributed by atoms with Crippen molar-refractivity contribution in [3.8, 4) is 0 Å². The third-order valence-corrected chi connectivity index (χ3v) is 18.2. The molecule has 138 valence electrons. The van der Waals surface area contributed by atoms with Crippen molar-refractivity contribution in [2.75, 3.05) is 0 Å². The summed E-state index contributed by atoms with van der Waals surface area (Å²) in [6, 6.07) is 9.39. The lowest BCUT2D eigenvalue weighted by atomic mass is 9.96. The number of hydrogen-bond donors (Lipinski definition) is 0. The van der Waals surface area contributed by atoms with Gasteiger partial charge in [-0.15, -0.1) is 44.3 Å². The molecule has 0 saturated heterocycles. The summed E-state index contributed by atoms with van der Waals surface area (Å²) in [6.45, 7) is 3.61. The van der Waals surface area contributed by atoms with Gasteiger partial charge in [0.05, 0.1) is 0 Å². The molecule has 0 heterocycles. The van der Waals surface area contributed by atoms with Crippen LogP contribution in [0.5, 0.6) is 0 Å². The summed E-state index contributed by atoms with van der Waals surface area (Å²) in [6.07, 6.45) is 5.45. The smallest absolute Gasteiger partial charge is 0.146 e. The van der Waals surface area contributed by atoms with Crippen LogP contribution in [0, 0.1) is 0 Å². The van der Waals surface area contributed by atoms with Crippen molar-refractivity contribution in [1.82, 2.24) is 0 Å². The van der Waals surface area contributed by atoms with Gasteiger partial charge in [-0.3, -0.25) is 0 Å². The van der Waals surface area contributed by atoms with E-state index in [4.69, 9.17) is 44.3 Å². The average molecular weight is 444 g/mol. The van der Waals surface area contributed by atoms with Crippen molar-refractivity contribution >= 4 is 57.7 Å². The van der Waals surface area contributed by atoms with E-state index in [9.17, 15) is 0 Å². The first kappa shape index (κ1) is 22.9. The minimum absolute atomic E-state index is 0.111. The molecule has 0 fully saturated rings. The minimum Gasteiger partial charge on any atom is -0.146 e. The molecule has 24 heavy (non-hydrogen) atoms. The van der Waals surface area contributed by atoms with Gasteiger partial charge in [-0.25, -0.2) is 0 Å². The van der Waals surface area contributed by atoms with Crippen molar-refractivity contribution in [3.63, 3.8) is 0 Å². The lowest BCUT2D eigenvalue weighted by Gasteiger charge is -2.35. The topological polar surface area (TPSA) is 0 Å². The predicted octanol–water partition coefficient (Wildman–Crippen LogP) is 8.31. The van der Waals surface area contributed by atoms with Crippen LogP contribution >= 0.6 is 44.3 Å². The van der Waals surface area contributed by atoms with Gasteiger partial charge in [0.1, 0.15) is 0 Å². The van der Waals surface area contributed by atoms with Gasteiger partial charge in [-0.2, -0.15) is 0 Å². The number of rotatable bonds is 10. The van der Waals surface area contributed by atoms with E-state index in [0.717, 1.165) is 25.3 Å². The van der Waals surface area contributed by atoms with Gasteiger partial charge < -0.3 is 0 Å². The molecule has 0 amide bonds. The number of benzene rings is 1. The number of hydrogen-bond acceptors (Lipinski definition) is 0. The molecule has 0 N–H and O–H groups in total. The summed E-state index contributed by atoms with van der Waals surface area (Å²) in [5.74, 6) is 0.334. The number of unbranched alkanes of at least 4 members (excludes halogenated alkanes) is 2. The van der Waals surface area contributed by atoms with Crippen molar-refractivity contribution < 1.29 is 0 Å². The van der Waals surface area contributed by atoms with Crippen molar-refractivity contribution in [1.29, 1.82) is 0 Å². The Bertz CT molecular complexity index is 500. The summed E-state index contributed by atoms with van der Waals surface area (Å²) in [5, 5.41) is 0.111. The quantitative estimate of drug-likeness (QED) is 0.193. The second-order valence-corrected chi connectivity index (χ2v) is 22.7. The first-order chi connectivity index (χ1) is 11.1. The molecule has 0 aliphatic rings. The van der Waals surface area contributed by atoms with Gasteiger partial charge in [-0.1, -0.05) is 70.7 Å². The van der Waals surface area contributed by atoms with Crippen LogP contribution in [0.1, 0.15) is 63.5 Å². The van der Waals surface area contributed by atoms with Gasteiger partial charge in [0.25, 0.3) is 13.4 Å². The third kappa shape index (κ3) is 6.85. The lowest BCUT2D eigenvalue weighted by Crippen LogP contribution is -2.41. The summed E-state index contributed by atoms with van der Waals surface area (Å²) in [7, 11) is 0. The second-order valence-electron chi connectivity index (χ2n) is 6.92. The Morgan fingerprint density at radius 1 is 1.00 bits per heavy atom. The van der Waals surface area contributed by atoms with Crippen molar-refractivity contribution in [3.05, 3.63) is 35.4 Å². The molecule has 1 aromatic carbocycles. The molecule has 2 atom stereocenters. The number of aryl methyl sites for hydroxylation is 1. The van der Waals surface area contributed by atoms with Gasteiger partial charge in [-0.05, 0) is 36.1 Å². The molecular formula is C18H30Cl4Si2. The first-order valence-electron chi connectivity index (χ1n) is 8.96. The second kappa shape index (κ2) is 10.2. The first-order valence-corrected chi connectivity index (χ1v) is 17.9. The molecule has 0 aliphatic carbocycles. The molecule has 1 rings (SSSR count). The standard InChI is InChI=1S/C18H30Cl4Si2/c1-5-7-8-13-18(23(4,19)20)24(21,22)14-15(3)17-12-10-9-11-16(17)6-2/h9-12,15,18H,5-8,13-14H2,1-4H3. The van der Waals surface area contributed by atoms with E-state index in [1.54, 1.807) is 0 Å². The maximum Gasteiger partial charge on any atom is 0.254 e. The number of halogens is 4. The van der Waals surface area contributed by atoms with E-state index in [0.29, 0.717) is 5.92 Å². The molecule has 0 nitrogen and oxygen atoms in total. The maximum absolute atomic E-state index is 6.98. The Balaban J connectivity index is 2.94. The largest absolute Gasteiger partial charge is 0.254 e. The van der Waals surface area contributed by atoms with Crippen LogP contribution in [0.25, 0.3) is 0 Å². The summed E-state index contributed by atoms with van der Waals surface area (Å²) in [4.78, 5) is 0. The molecular weight excluding hydrogens is 414 g/mol. The monoisotopic (exact) mass is 442 g/mol. The molecule has 0 bridgehead atoms. The Morgan fingerprint density at radius 2 is 1.62 bits per heavy atom. The van der Waals surface area contributed by atoms with Gasteiger partial charge >= 0.3 is 0 Å². The molecule has 1 aromatic rings. The van der Waals surface area contributed by atoms with E-state index in [-0.39, 0.29) is 5.16 Å². The molecule has 0 spiro atoms. The Kier molecular flexibility index (Phi) is 9.74. The normalized spacial score (nSPS) is 15.3. The predicted molar refractivity (Wildman–Crippen MR) is 118 cm³/mol. The van der Waals surface area contributed by atoms with Crippen molar-refractivity contribution in [2.24, 2.45) is 0 Å². The van der Waals surface area contributed by atoms with Crippen molar-refractivity contribution in [2.45, 2.75) is 76.5 Å². The van der Waals surface area contributed by atoms with Gasteiger partial charge in [0.2, 0.25) is 0 Å². The Labute approximate surface area is 169 Å². The fourth-order valence-corrected chi connectivity index (χ4v) is 21.4. The van der Waals surface area contributed by atoms with Crippen LogP contribution in [0.2, 0.25) is 17.8 Å². The fraction of sp³-hybridized carbons (Fsp3) is 0.667. The molecule has 2 unspecified atom stereocenters. The highest BCUT2D eigenvalue weighted by atomic mass is 35.7. The van der Waals surface area contributed by atoms with E-state index >= 15 is 0 Å². The highest BCUT2D eigenvalue weighted by molar-refractivity contribution is 7.57. The molecule has 0 saturated carbocycles. The van der Waals surface area contributed by atoms with E-state index in [1.807, 2.05) is 6.55 Å². The highest BCUT2D eigenvalue weighted by Gasteiger charge is 2.49. The minimum atomic E-state index is -2.56. The van der Waals surface area contributed by atoms with Crippen LogP contribution in [-0.2, 0) is 6.42 Å². The van der Waals surface area contributed by atoms with Crippen LogP contribution in [0.4, 0.5) is 0 Å². The Morgan fingerprint density at radius 3 is 2.17 bits per heavy atom. The zero-order valence-electron chi connectivity index (χ0n) is 15.2. The van der Waals surface area contributed by atoms with E-state index in [2.05, 4.69) is 45.0 Å². The van der Waals surface area contributed by atoms with E-state index in [1.165, 1.54) is 24.0 Å². The van der Waals surface area contributed by atoms with Crippen LogP contribution in [-0.4, -0.2) is 13.4 Å². The summed E-state index contributed by atoms with van der Waals surface area (Å²) < 4.78 is 0. The van der Waals surface area contributed by atoms with Crippen LogP contribution < -0.4 is 0 Å². The van der Waals surface area contributed by atoms with Gasteiger partial charge in [0, 0.05) is 5.16 Å². The fourth-order valence-electron chi connectivity index (χ4n) is 3.43. The van der Waals surface area contributed by atoms with Crippen LogP contribution in [0.3, 0.4) is 0 Å². The van der Waals surface area contributed by atoms with Gasteiger partial charge in [0.15, 0.2) is 0 Å². The zero-order chi connectivity index (χ0) is 18.4. The molecule has 0 aliphatic heterocycles. The van der Waals surface area contributed by atoms with Crippen LogP contribution in [0.15, 0.2) is 24.3 Å².